The van der Waals surface area contributed by atoms with Crippen LogP contribution in [0.15, 0.2) is 41.8 Å². The van der Waals surface area contributed by atoms with E-state index in [4.69, 9.17) is 9.47 Å². The molecule has 0 radical (unpaired) electrons. The Balaban J connectivity index is 1.69. The van der Waals surface area contributed by atoms with E-state index in [2.05, 4.69) is 41.6 Å². The first-order chi connectivity index (χ1) is 14.6. The Hall–Kier alpha value is -2.19. The average Bonchev–Trinajstić information content (AvgIpc) is 3.39. The Morgan fingerprint density at radius 2 is 1.90 bits per heavy atom. The second kappa shape index (κ2) is 9.31. The lowest BCUT2D eigenvalue weighted by Crippen LogP contribution is -2.39. The van der Waals surface area contributed by atoms with E-state index >= 15 is 0 Å². The van der Waals surface area contributed by atoms with Crippen molar-refractivity contribution in [2.75, 3.05) is 38.7 Å². The number of carbonyl (C=O) groups excluding carboxylic acids is 1. The zero-order valence-electron chi connectivity index (χ0n) is 17.4. The largest absolute Gasteiger partial charge is 0.497 e. The number of rotatable bonds is 6. The topological polar surface area (TPSA) is 50.8 Å². The van der Waals surface area contributed by atoms with Gasteiger partial charge in [0, 0.05) is 34.0 Å². The number of thiophene rings is 2. The van der Waals surface area contributed by atoms with Crippen LogP contribution in [-0.4, -0.2) is 44.2 Å². The van der Waals surface area contributed by atoms with Gasteiger partial charge in [-0.3, -0.25) is 9.69 Å². The first kappa shape index (κ1) is 21.1. The fourth-order valence-electron chi connectivity index (χ4n) is 3.77. The molecule has 1 aliphatic heterocycles. The molecule has 0 bridgehead atoms. The number of morpholine rings is 1. The molecule has 0 saturated carbocycles. The van der Waals surface area contributed by atoms with Crippen molar-refractivity contribution in [1.29, 1.82) is 0 Å². The molecule has 3 heterocycles. The fraction of sp³-hybridized carbons (Fsp3) is 0.348. The fourth-order valence-corrected chi connectivity index (χ4v) is 5.73. The average molecular weight is 443 g/mol. The number of carbonyl (C=O) groups is 1. The SMILES string of the molecule is COc1ccc(C(=O)Nc2sc(C)c(C)c2C(c2cccs2)N2CCOCC2)cc1. The maximum absolute atomic E-state index is 13.0. The lowest BCUT2D eigenvalue weighted by molar-refractivity contribution is 0.0246. The molecule has 0 aliphatic carbocycles. The molecule has 1 amide bonds. The maximum atomic E-state index is 13.0. The summed E-state index contributed by atoms with van der Waals surface area (Å²) in [5.41, 5.74) is 3.06. The number of anilines is 1. The van der Waals surface area contributed by atoms with Gasteiger partial charge >= 0.3 is 0 Å². The van der Waals surface area contributed by atoms with Crippen LogP contribution in [0.1, 0.15) is 37.3 Å². The van der Waals surface area contributed by atoms with Crippen molar-refractivity contribution in [1.82, 2.24) is 4.90 Å². The number of nitrogens with one attached hydrogen (secondary N) is 1. The number of aryl methyl sites for hydroxylation is 1. The molecular formula is C23H26N2O3S2. The van der Waals surface area contributed by atoms with E-state index in [0.29, 0.717) is 5.56 Å². The first-order valence-electron chi connectivity index (χ1n) is 9.99. The second-order valence-corrected chi connectivity index (χ2v) is 9.48. The third-order valence-electron chi connectivity index (χ3n) is 5.51. The highest BCUT2D eigenvalue weighted by molar-refractivity contribution is 7.16. The Bertz CT molecular complexity index is 990. The molecule has 158 valence electrons. The molecule has 1 saturated heterocycles. The van der Waals surface area contributed by atoms with Crippen molar-refractivity contribution in [3.8, 4) is 5.75 Å². The summed E-state index contributed by atoms with van der Waals surface area (Å²) in [5, 5.41) is 6.24. The summed E-state index contributed by atoms with van der Waals surface area (Å²) in [5.74, 6) is 0.632. The molecule has 7 heteroatoms. The minimum absolute atomic E-state index is 0.105. The third-order valence-corrected chi connectivity index (χ3v) is 7.57. The summed E-state index contributed by atoms with van der Waals surface area (Å²) < 4.78 is 10.8. The van der Waals surface area contributed by atoms with Gasteiger partial charge in [0.25, 0.3) is 5.91 Å². The van der Waals surface area contributed by atoms with Gasteiger partial charge in [-0.25, -0.2) is 0 Å². The smallest absolute Gasteiger partial charge is 0.256 e. The molecule has 2 aromatic heterocycles. The van der Waals surface area contributed by atoms with E-state index in [-0.39, 0.29) is 11.9 Å². The lowest BCUT2D eigenvalue weighted by atomic mass is 10.00. The molecule has 1 fully saturated rings. The highest BCUT2D eigenvalue weighted by Crippen LogP contribution is 2.43. The monoisotopic (exact) mass is 442 g/mol. The van der Waals surface area contributed by atoms with Crippen molar-refractivity contribution in [3.63, 3.8) is 0 Å². The van der Waals surface area contributed by atoms with E-state index in [0.717, 1.165) is 37.1 Å². The van der Waals surface area contributed by atoms with Crippen molar-refractivity contribution in [2.45, 2.75) is 19.9 Å². The summed E-state index contributed by atoms with van der Waals surface area (Å²) in [6, 6.07) is 11.6. The molecule has 1 aromatic carbocycles. The standard InChI is InChI=1S/C23H26N2O3S2/c1-15-16(2)30-23(24-22(26)17-6-8-18(27-3)9-7-17)20(15)21(19-5-4-14-29-19)25-10-12-28-13-11-25/h4-9,14,21H,10-13H2,1-3H3,(H,24,26). The number of amides is 1. The molecule has 1 unspecified atom stereocenters. The van der Waals surface area contributed by atoms with E-state index in [1.165, 1.54) is 20.9 Å². The van der Waals surface area contributed by atoms with Crippen molar-refractivity contribution < 1.29 is 14.3 Å². The lowest BCUT2D eigenvalue weighted by Gasteiger charge is -2.35. The Labute approximate surface area is 185 Å². The number of hydrogen-bond acceptors (Lipinski definition) is 6. The second-order valence-electron chi connectivity index (χ2n) is 7.27. The van der Waals surface area contributed by atoms with Gasteiger partial charge in [-0.15, -0.1) is 22.7 Å². The predicted molar refractivity (Wildman–Crippen MR) is 123 cm³/mol. The van der Waals surface area contributed by atoms with Crippen LogP contribution in [0, 0.1) is 13.8 Å². The van der Waals surface area contributed by atoms with Gasteiger partial charge in [-0.05, 0) is 55.1 Å². The van der Waals surface area contributed by atoms with Crippen LogP contribution < -0.4 is 10.1 Å². The van der Waals surface area contributed by atoms with Gasteiger partial charge in [0.2, 0.25) is 0 Å². The number of nitrogens with zero attached hydrogens (tertiary/aromatic N) is 1. The molecule has 4 rings (SSSR count). The van der Waals surface area contributed by atoms with Crippen molar-refractivity contribution >= 4 is 33.6 Å². The summed E-state index contributed by atoms with van der Waals surface area (Å²) in [4.78, 5) is 18.0. The minimum Gasteiger partial charge on any atom is -0.497 e. The zero-order chi connectivity index (χ0) is 21.1. The molecule has 5 nitrogen and oxygen atoms in total. The van der Waals surface area contributed by atoms with E-state index in [1.807, 2.05) is 12.1 Å². The minimum atomic E-state index is -0.105. The van der Waals surface area contributed by atoms with Gasteiger partial charge in [0.1, 0.15) is 10.8 Å². The first-order valence-corrected chi connectivity index (χ1v) is 11.7. The Kier molecular flexibility index (Phi) is 6.53. The van der Waals surface area contributed by atoms with Crippen LogP contribution in [0.5, 0.6) is 5.75 Å². The summed E-state index contributed by atoms with van der Waals surface area (Å²) >= 11 is 3.41. The van der Waals surface area contributed by atoms with Crippen LogP contribution in [0.3, 0.4) is 0 Å². The number of hydrogen-bond donors (Lipinski definition) is 1. The number of benzene rings is 1. The Morgan fingerprint density at radius 1 is 1.17 bits per heavy atom. The summed E-state index contributed by atoms with van der Waals surface area (Å²) in [7, 11) is 1.62. The molecular weight excluding hydrogens is 416 g/mol. The highest BCUT2D eigenvalue weighted by Gasteiger charge is 2.31. The highest BCUT2D eigenvalue weighted by atomic mass is 32.1. The van der Waals surface area contributed by atoms with Gasteiger partial charge in [0.15, 0.2) is 0 Å². The Morgan fingerprint density at radius 3 is 2.53 bits per heavy atom. The quantitative estimate of drug-likeness (QED) is 0.576. The van der Waals surface area contributed by atoms with E-state index in [9.17, 15) is 4.79 Å². The molecule has 3 aromatic rings. The molecule has 30 heavy (non-hydrogen) atoms. The molecule has 0 spiro atoms. The van der Waals surface area contributed by atoms with Gasteiger partial charge in [-0.2, -0.15) is 0 Å². The van der Waals surface area contributed by atoms with Crippen LogP contribution >= 0.6 is 22.7 Å². The normalized spacial score (nSPS) is 15.7. The molecule has 1 aliphatic rings. The van der Waals surface area contributed by atoms with Crippen LogP contribution in [-0.2, 0) is 4.74 Å². The van der Waals surface area contributed by atoms with Gasteiger partial charge < -0.3 is 14.8 Å². The van der Waals surface area contributed by atoms with Crippen LogP contribution in [0.25, 0.3) is 0 Å². The summed E-state index contributed by atoms with van der Waals surface area (Å²) in [6.45, 7) is 7.50. The van der Waals surface area contributed by atoms with E-state index < -0.39 is 0 Å². The van der Waals surface area contributed by atoms with E-state index in [1.54, 1.807) is 41.9 Å². The van der Waals surface area contributed by atoms with Crippen molar-refractivity contribution in [2.24, 2.45) is 0 Å². The third kappa shape index (κ3) is 4.30. The summed E-state index contributed by atoms with van der Waals surface area (Å²) in [6.07, 6.45) is 0. The van der Waals surface area contributed by atoms with Crippen LogP contribution in [0.2, 0.25) is 0 Å². The van der Waals surface area contributed by atoms with Gasteiger partial charge in [0.05, 0.1) is 26.4 Å². The van der Waals surface area contributed by atoms with Crippen molar-refractivity contribution in [3.05, 3.63) is 68.2 Å². The molecule has 1 N–H and O–H groups in total. The zero-order valence-corrected chi connectivity index (χ0v) is 19.1. The molecule has 1 atom stereocenters. The predicted octanol–water partition coefficient (Wildman–Crippen LogP) is 5.11. The number of methoxy groups -OCH3 is 1. The number of ether oxygens (including phenoxy) is 2. The van der Waals surface area contributed by atoms with Gasteiger partial charge in [-0.1, -0.05) is 6.07 Å². The van der Waals surface area contributed by atoms with Crippen LogP contribution in [0.4, 0.5) is 5.00 Å². The maximum Gasteiger partial charge on any atom is 0.256 e.